The summed E-state index contributed by atoms with van der Waals surface area (Å²) in [4.78, 5) is 21.9. The molecule has 126 valence electrons. The van der Waals surface area contributed by atoms with E-state index in [2.05, 4.69) is 15.3 Å². The van der Waals surface area contributed by atoms with Crippen molar-refractivity contribution >= 4 is 35.1 Å². The minimum absolute atomic E-state index is 0.108. The molecule has 1 heterocycles. The standard InChI is InChI=1S/C19H17N3OS2/c1-24-17-7-5-16(6-8-17)22-19(23)15-4-2-3-14(11-15)13-25-18-12-20-9-10-21-18/h2-12H,13H2,1H3,(H,22,23). The van der Waals surface area contributed by atoms with Gasteiger partial charge < -0.3 is 5.32 Å². The molecule has 0 fully saturated rings. The van der Waals surface area contributed by atoms with Gasteiger partial charge in [0.2, 0.25) is 0 Å². The maximum absolute atomic E-state index is 12.4. The van der Waals surface area contributed by atoms with Crippen molar-refractivity contribution in [2.75, 3.05) is 11.6 Å². The molecular weight excluding hydrogens is 350 g/mol. The number of rotatable bonds is 6. The number of nitrogens with one attached hydrogen (secondary N) is 1. The van der Waals surface area contributed by atoms with Crippen molar-refractivity contribution in [1.29, 1.82) is 0 Å². The molecule has 3 rings (SSSR count). The lowest BCUT2D eigenvalue weighted by molar-refractivity contribution is 0.102. The first kappa shape index (κ1) is 17.5. The Balaban J connectivity index is 1.64. The van der Waals surface area contributed by atoms with Gasteiger partial charge in [-0.05, 0) is 48.2 Å². The number of amides is 1. The fraction of sp³-hybridized carbons (Fsp3) is 0.105. The third kappa shape index (κ3) is 5.08. The second-order valence-electron chi connectivity index (χ2n) is 5.22. The molecule has 2 aromatic carbocycles. The Morgan fingerprint density at radius 1 is 1.12 bits per heavy atom. The van der Waals surface area contributed by atoms with Crippen molar-refractivity contribution in [3.63, 3.8) is 0 Å². The van der Waals surface area contributed by atoms with Crippen molar-refractivity contribution < 1.29 is 4.79 Å². The fourth-order valence-electron chi connectivity index (χ4n) is 2.20. The predicted octanol–water partition coefficient (Wildman–Crippen LogP) is 4.74. The van der Waals surface area contributed by atoms with Crippen LogP contribution >= 0.6 is 23.5 Å². The summed E-state index contributed by atoms with van der Waals surface area (Å²) in [5.41, 5.74) is 2.51. The number of benzene rings is 2. The first-order valence-electron chi connectivity index (χ1n) is 7.68. The Morgan fingerprint density at radius 3 is 2.68 bits per heavy atom. The summed E-state index contributed by atoms with van der Waals surface area (Å²) < 4.78 is 0. The van der Waals surface area contributed by atoms with Gasteiger partial charge in [0.1, 0.15) is 5.03 Å². The maximum atomic E-state index is 12.4. The quantitative estimate of drug-likeness (QED) is 0.638. The lowest BCUT2D eigenvalue weighted by Crippen LogP contribution is -2.12. The molecule has 1 aromatic heterocycles. The Kier molecular flexibility index (Phi) is 6.09. The van der Waals surface area contributed by atoms with Crippen LogP contribution < -0.4 is 5.32 Å². The summed E-state index contributed by atoms with van der Waals surface area (Å²) in [6, 6.07) is 15.5. The number of nitrogens with zero attached hydrogens (tertiary/aromatic N) is 2. The van der Waals surface area contributed by atoms with Gasteiger partial charge in [-0.3, -0.25) is 9.78 Å². The Labute approximate surface area is 155 Å². The van der Waals surface area contributed by atoms with Crippen LogP contribution in [0.15, 0.2) is 77.0 Å². The molecule has 0 aliphatic heterocycles. The molecule has 0 aliphatic carbocycles. The second kappa shape index (κ2) is 8.69. The number of hydrogen-bond donors (Lipinski definition) is 1. The zero-order valence-electron chi connectivity index (χ0n) is 13.7. The molecule has 1 amide bonds. The summed E-state index contributed by atoms with van der Waals surface area (Å²) in [6.45, 7) is 0. The van der Waals surface area contributed by atoms with Crippen LogP contribution in [0.3, 0.4) is 0 Å². The molecule has 3 aromatic rings. The zero-order valence-corrected chi connectivity index (χ0v) is 15.3. The van der Waals surface area contributed by atoms with Gasteiger partial charge in [-0.15, -0.1) is 23.5 Å². The van der Waals surface area contributed by atoms with E-state index in [-0.39, 0.29) is 5.91 Å². The summed E-state index contributed by atoms with van der Waals surface area (Å²) in [6.07, 6.45) is 7.09. The highest BCUT2D eigenvalue weighted by Crippen LogP contribution is 2.21. The highest BCUT2D eigenvalue weighted by Gasteiger charge is 2.07. The zero-order chi connectivity index (χ0) is 17.5. The van der Waals surface area contributed by atoms with Crippen LogP contribution in [-0.4, -0.2) is 22.1 Å². The molecule has 0 unspecified atom stereocenters. The first-order chi connectivity index (χ1) is 12.2. The highest BCUT2D eigenvalue weighted by atomic mass is 32.2. The van der Waals surface area contributed by atoms with Crippen LogP contribution in [0.4, 0.5) is 5.69 Å². The third-order valence-electron chi connectivity index (χ3n) is 3.46. The largest absolute Gasteiger partial charge is 0.322 e. The van der Waals surface area contributed by atoms with Crippen LogP contribution in [0.1, 0.15) is 15.9 Å². The lowest BCUT2D eigenvalue weighted by atomic mass is 10.1. The monoisotopic (exact) mass is 367 g/mol. The molecule has 0 aliphatic rings. The first-order valence-corrected chi connectivity index (χ1v) is 9.89. The van der Waals surface area contributed by atoms with Gasteiger partial charge in [-0.25, -0.2) is 4.98 Å². The average Bonchev–Trinajstić information content (AvgIpc) is 2.68. The molecule has 25 heavy (non-hydrogen) atoms. The van der Waals surface area contributed by atoms with Gasteiger partial charge in [0.25, 0.3) is 5.91 Å². The van der Waals surface area contributed by atoms with Gasteiger partial charge in [-0.2, -0.15) is 0 Å². The van der Waals surface area contributed by atoms with Gasteiger partial charge >= 0.3 is 0 Å². The average molecular weight is 367 g/mol. The topological polar surface area (TPSA) is 54.9 Å². The summed E-state index contributed by atoms with van der Waals surface area (Å²) in [5.74, 6) is 0.630. The third-order valence-corrected chi connectivity index (χ3v) is 5.19. The minimum atomic E-state index is -0.108. The van der Waals surface area contributed by atoms with Crippen LogP contribution in [0.25, 0.3) is 0 Å². The van der Waals surface area contributed by atoms with Crippen LogP contribution in [0.5, 0.6) is 0 Å². The number of hydrogen-bond acceptors (Lipinski definition) is 5. The van der Waals surface area contributed by atoms with Crippen LogP contribution in [0.2, 0.25) is 0 Å². The minimum Gasteiger partial charge on any atom is -0.322 e. The van der Waals surface area contributed by atoms with E-state index in [4.69, 9.17) is 0 Å². The summed E-state index contributed by atoms with van der Waals surface area (Å²) >= 11 is 3.27. The van der Waals surface area contributed by atoms with Gasteiger partial charge in [-0.1, -0.05) is 12.1 Å². The number of anilines is 1. The van der Waals surface area contributed by atoms with Crippen molar-refractivity contribution in [2.45, 2.75) is 15.7 Å². The SMILES string of the molecule is CSc1ccc(NC(=O)c2cccc(CSc3cnccn3)c2)cc1. The number of aromatic nitrogens is 2. The van der Waals surface area contributed by atoms with Crippen LogP contribution in [0, 0.1) is 0 Å². The normalized spacial score (nSPS) is 10.4. The smallest absolute Gasteiger partial charge is 0.255 e. The van der Waals surface area contributed by atoms with E-state index in [0.717, 1.165) is 22.0 Å². The fourth-order valence-corrected chi connectivity index (χ4v) is 3.37. The molecule has 0 bridgehead atoms. The molecular formula is C19H17N3OS2. The van der Waals surface area contributed by atoms with Crippen molar-refractivity contribution in [1.82, 2.24) is 9.97 Å². The van der Waals surface area contributed by atoms with Gasteiger partial charge in [0.05, 0.1) is 6.20 Å². The van der Waals surface area contributed by atoms with E-state index in [1.807, 2.05) is 54.8 Å². The Morgan fingerprint density at radius 2 is 1.96 bits per heavy atom. The predicted molar refractivity (Wildman–Crippen MR) is 104 cm³/mol. The van der Waals surface area contributed by atoms with Crippen molar-refractivity contribution in [3.8, 4) is 0 Å². The summed E-state index contributed by atoms with van der Waals surface area (Å²) in [5, 5.41) is 3.80. The molecule has 4 nitrogen and oxygen atoms in total. The van der Waals surface area contributed by atoms with E-state index in [9.17, 15) is 4.79 Å². The van der Waals surface area contributed by atoms with E-state index in [1.54, 1.807) is 42.1 Å². The van der Waals surface area contributed by atoms with E-state index >= 15 is 0 Å². The molecule has 1 N–H and O–H groups in total. The molecule has 0 spiro atoms. The highest BCUT2D eigenvalue weighted by molar-refractivity contribution is 7.98. The van der Waals surface area contributed by atoms with E-state index < -0.39 is 0 Å². The number of carbonyl (C=O) groups is 1. The van der Waals surface area contributed by atoms with Crippen LogP contribution in [-0.2, 0) is 5.75 Å². The molecule has 0 atom stereocenters. The van der Waals surface area contributed by atoms with Gasteiger partial charge in [0, 0.05) is 34.3 Å². The molecule has 0 saturated carbocycles. The molecule has 6 heteroatoms. The van der Waals surface area contributed by atoms with E-state index in [0.29, 0.717) is 5.56 Å². The molecule has 0 saturated heterocycles. The second-order valence-corrected chi connectivity index (χ2v) is 7.09. The van der Waals surface area contributed by atoms with Gasteiger partial charge in [0.15, 0.2) is 0 Å². The number of carbonyl (C=O) groups excluding carboxylic acids is 1. The van der Waals surface area contributed by atoms with Crippen molar-refractivity contribution in [3.05, 3.63) is 78.2 Å². The van der Waals surface area contributed by atoms with Crippen molar-refractivity contribution in [2.24, 2.45) is 0 Å². The Hall–Kier alpha value is -2.31. The lowest BCUT2D eigenvalue weighted by Gasteiger charge is -2.07. The summed E-state index contributed by atoms with van der Waals surface area (Å²) in [7, 11) is 0. The molecule has 0 radical (unpaired) electrons. The number of thioether (sulfide) groups is 2. The Bertz CT molecular complexity index is 839. The maximum Gasteiger partial charge on any atom is 0.255 e. The van der Waals surface area contributed by atoms with E-state index in [1.165, 1.54) is 4.90 Å².